The minimum atomic E-state index is -0.289. The van der Waals surface area contributed by atoms with Crippen LogP contribution < -0.4 is 10.2 Å². The average Bonchev–Trinajstić information content (AvgIpc) is 2.56. The molecule has 1 heterocycles. The second-order valence-corrected chi connectivity index (χ2v) is 5.99. The molecule has 0 aliphatic rings. The third-order valence-electron chi connectivity index (χ3n) is 3.49. The molecule has 0 radical (unpaired) electrons. The zero-order valence-corrected chi connectivity index (χ0v) is 15.1. The number of amides is 1. The van der Waals surface area contributed by atoms with Gasteiger partial charge in [0.2, 0.25) is 0 Å². The second-order valence-electron chi connectivity index (χ2n) is 5.58. The summed E-state index contributed by atoms with van der Waals surface area (Å²) in [5, 5.41) is 3.30. The Kier molecular flexibility index (Phi) is 6.55. The molecule has 0 fully saturated rings. The van der Waals surface area contributed by atoms with Crippen molar-refractivity contribution in [2.45, 2.75) is 33.6 Å². The lowest BCUT2D eigenvalue weighted by molar-refractivity contribution is 0.102. The van der Waals surface area contributed by atoms with E-state index in [4.69, 9.17) is 11.6 Å². The molecule has 0 bridgehead atoms. The highest BCUT2D eigenvalue weighted by Gasteiger charge is 2.15. The number of anilines is 2. The lowest BCUT2D eigenvalue weighted by Crippen LogP contribution is -2.27. The number of halogens is 1. The van der Waals surface area contributed by atoms with Crippen molar-refractivity contribution in [3.8, 4) is 0 Å². The zero-order valence-electron chi connectivity index (χ0n) is 14.3. The van der Waals surface area contributed by atoms with Gasteiger partial charge in [-0.25, -0.2) is 9.97 Å². The normalized spacial score (nSPS) is 10.5. The molecule has 0 saturated heterocycles. The van der Waals surface area contributed by atoms with Gasteiger partial charge in [0.15, 0.2) is 0 Å². The third-order valence-corrected chi connectivity index (χ3v) is 3.82. The highest BCUT2D eigenvalue weighted by atomic mass is 35.5. The van der Waals surface area contributed by atoms with Gasteiger partial charge < -0.3 is 10.2 Å². The summed E-state index contributed by atoms with van der Waals surface area (Å²) < 4.78 is 0. The Morgan fingerprint density at radius 2 is 1.83 bits per heavy atom. The molecule has 128 valence electrons. The van der Waals surface area contributed by atoms with E-state index in [2.05, 4.69) is 34.0 Å². The van der Waals surface area contributed by atoms with Crippen LogP contribution in [0.3, 0.4) is 0 Å². The number of aromatic nitrogens is 2. The Bertz CT molecular complexity index is 699. The summed E-state index contributed by atoms with van der Waals surface area (Å²) in [4.78, 5) is 23.5. The van der Waals surface area contributed by atoms with Gasteiger partial charge in [-0.1, -0.05) is 37.6 Å². The minimum Gasteiger partial charge on any atom is -0.357 e. The molecule has 1 aromatic heterocycles. The van der Waals surface area contributed by atoms with Crippen molar-refractivity contribution in [1.82, 2.24) is 9.97 Å². The number of hydrogen-bond donors (Lipinski definition) is 1. The van der Waals surface area contributed by atoms with E-state index in [9.17, 15) is 4.79 Å². The molecular formula is C18H23ClN4O. The number of nitrogens with zero attached hydrogens (tertiary/aromatic N) is 3. The third kappa shape index (κ3) is 4.68. The molecule has 2 aromatic rings. The summed E-state index contributed by atoms with van der Waals surface area (Å²) in [5.41, 5.74) is 0.913. The number of carbonyl (C=O) groups is 1. The first-order valence-electron chi connectivity index (χ1n) is 8.21. The van der Waals surface area contributed by atoms with Crippen LogP contribution in [-0.2, 0) is 0 Å². The lowest BCUT2D eigenvalue weighted by atomic mass is 10.2. The molecule has 6 heteroatoms. The predicted octanol–water partition coefficient (Wildman–Crippen LogP) is 4.32. The molecule has 0 aliphatic carbocycles. The Hall–Kier alpha value is -2.14. The van der Waals surface area contributed by atoms with E-state index in [-0.39, 0.29) is 5.91 Å². The van der Waals surface area contributed by atoms with E-state index >= 15 is 0 Å². The minimum absolute atomic E-state index is 0.289. The summed E-state index contributed by atoms with van der Waals surface area (Å²) in [6, 6.07) is 8.87. The van der Waals surface area contributed by atoms with Crippen molar-refractivity contribution in [1.29, 1.82) is 0 Å². The molecule has 0 saturated carbocycles. The van der Waals surface area contributed by atoms with Crippen molar-refractivity contribution >= 4 is 29.0 Å². The van der Waals surface area contributed by atoms with Crippen molar-refractivity contribution in [2.75, 3.05) is 23.3 Å². The van der Waals surface area contributed by atoms with Gasteiger partial charge in [0.25, 0.3) is 5.91 Å². The fourth-order valence-electron chi connectivity index (χ4n) is 2.46. The van der Waals surface area contributed by atoms with E-state index < -0.39 is 0 Å². The molecular weight excluding hydrogens is 324 g/mol. The van der Waals surface area contributed by atoms with Gasteiger partial charge in [-0.15, -0.1) is 0 Å². The largest absolute Gasteiger partial charge is 0.357 e. The molecule has 5 nitrogen and oxygen atoms in total. The molecule has 1 N–H and O–H groups in total. The van der Waals surface area contributed by atoms with E-state index in [0.717, 1.165) is 31.7 Å². The quantitative estimate of drug-likeness (QED) is 0.811. The first-order chi connectivity index (χ1) is 11.5. The van der Waals surface area contributed by atoms with Gasteiger partial charge in [-0.3, -0.25) is 4.79 Å². The smallest absolute Gasteiger partial charge is 0.274 e. The van der Waals surface area contributed by atoms with Gasteiger partial charge in [-0.2, -0.15) is 0 Å². The predicted molar refractivity (Wildman–Crippen MR) is 99.0 cm³/mol. The molecule has 2 rings (SSSR count). The maximum absolute atomic E-state index is 12.5. The van der Waals surface area contributed by atoms with Crippen molar-refractivity contribution in [3.63, 3.8) is 0 Å². The van der Waals surface area contributed by atoms with Crippen LogP contribution in [-0.4, -0.2) is 29.0 Å². The topological polar surface area (TPSA) is 58.1 Å². The van der Waals surface area contributed by atoms with Crippen molar-refractivity contribution < 1.29 is 4.79 Å². The van der Waals surface area contributed by atoms with Crippen LogP contribution in [0.1, 0.15) is 43.0 Å². The van der Waals surface area contributed by atoms with E-state index in [1.807, 2.05) is 12.1 Å². The van der Waals surface area contributed by atoms with Crippen LogP contribution >= 0.6 is 11.6 Å². The summed E-state index contributed by atoms with van der Waals surface area (Å²) in [5.74, 6) is 1.08. The Balaban J connectivity index is 2.26. The summed E-state index contributed by atoms with van der Waals surface area (Å²) in [7, 11) is 0. The van der Waals surface area contributed by atoms with Crippen LogP contribution in [0.4, 0.5) is 11.5 Å². The van der Waals surface area contributed by atoms with Gasteiger partial charge in [-0.05, 0) is 31.9 Å². The first kappa shape index (κ1) is 18.2. The summed E-state index contributed by atoms with van der Waals surface area (Å²) >= 11 is 6.10. The van der Waals surface area contributed by atoms with Crippen LogP contribution in [0.25, 0.3) is 0 Å². The Morgan fingerprint density at radius 1 is 1.17 bits per heavy atom. The average molecular weight is 347 g/mol. The fourth-order valence-corrected chi connectivity index (χ4v) is 2.64. The number of nitrogens with one attached hydrogen (secondary N) is 1. The zero-order chi connectivity index (χ0) is 17.5. The monoisotopic (exact) mass is 346 g/mol. The Morgan fingerprint density at radius 3 is 2.46 bits per heavy atom. The standard InChI is InChI=1S/C18H23ClN4O/c1-4-10-23(11-5-2)17-12-16(20-13(3)21-17)18(24)22-15-9-7-6-8-14(15)19/h6-9,12H,4-5,10-11H2,1-3H3,(H,22,24). The van der Waals surface area contributed by atoms with Crippen LogP contribution in [0, 0.1) is 6.92 Å². The highest BCUT2D eigenvalue weighted by molar-refractivity contribution is 6.33. The SMILES string of the molecule is CCCN(CCC)c1cc(C(=O)Nc2ccccc2Cl)nc(C)n1. The van der Waals surface area contributed by atoms with Crippen LogP contribution in [0.15, 0.2) is 30.3 Å². The lowest BCUT2D eigenvalue weighted by Gasteiger charge is -2.23. The molecule has 1 amide bonds. The molecule has 24 heavy (non-hydrogen) atoms. The second kappa shape index (κ2) is 8.64. The van der Waals surface area contributed by atoms with E-state index in [1.165, 1.54) is 0 Å². The summed E-state index contributed by atoms with van der Waals surface area (Å²) in [6.07, 6.45) is 2.04. The van der Waals surface area contributed by atoms with Crippen molar-refractivity contribution in [2.24, 2.45) is 0 Å². The van der Waals surface area contributed by atoms with Gasteiger partial charge in [0.05, 0.1) is 10.7 Å². The number of para-hydroxylation sites is 1. The molecule has 0 atom stereocenters. The Labute approximate surface area is 148 Å². The highest BCUT2D eigenvalue weighted by Crippen LogP contribution is 2.21. The van der Waals surface area contributed by atoms with Crippen molar-refractivity contribution in [3.05, 3.63) is 46.9 Å². The molecule has 0 aliphatic heterocycles. The number of hydrogen-bond acceptors (Lipinski definition) is 4. The molecule has 1 aromatic carbocycles. The number of benzene rings is 1. The van der Waals surface area contributed by atoms with Gasteiger partial charge in [0.1, 0.15) is 17.3 Å². The van der Waals surface area contributed by atoms with Crippen LogP contribution in [0.2, 0.25) is 5.02 Å². The van der Waals surface area contributed by atoms with Gasteiger partial charge in [0, 0.05) is 19.2 Å². The molecule has 0 spiro atoms. The van der Waals surface area contributed by atoms with E-state index in [1.54, 1.807) is 25.1 Å². The van der Waals surface area contributed by atoms with E-state index in [0.29, 0.717) is 22.2 Å². The number of rotatable bonds is 7. The fraction of sp³-hybridized carbons (Fsp3) is 0.389. The first-order valence-corrected chi connectivity index (χ1v) is 8.59. The summed E-state index contributed by atoms with van der Waals surface area (Å²) in [6.45, 7) is 7.85. The number of aryl methyl sites for hydroxylation is 1. The maximum atomic E-state index is 12.5. The number of carbonyl (C=O) groups excluding carboxylic acids is 1. The molecule has 0 unspecified atom stereocenters. The maximum Gasteiger partial charge on any atom is 0.274 e. The van der Waals surface area contributed by atoms with Gasteiger partial charge >= 0.3 is 0 Å². The van der Waals surface area contributed by atoms with Crippen LogP contribution in [0.5, 0.6) is 0 Å².